The van der Waals surface area contributed by atoms with Gasteiger partial charge in [0.1, 0.15) is 11.4 Å². The standard InChI is InChI=1S/C21H18N4O6/c1-2-31-16-10-7-14(8-11-16)22-21(26)17-5-3-4-6-18(17)23-19-12-9-15(24(27)28)13-20(19)25(29)30/h3-13,23H,2H2,1H3,(H,22,26). The van der Waals surface area contributed by atoms with E-state index < -0.39 is 27.1 Å². The van der Waals surface area contributed by atoms with Crippen LogP contribution in [-0.2, 0) is 0 Å². The van der Waals surface area contributed by atoms with E-state index in [-0.39, 0.29) is 11.3 Å². The molecule has 3 aromatic carbocycles. The summed E-state index contributed by atoms with van der Waals surface area (Å²) in [5, 5.41) is 27.9. The minimum absolute atomic E-state index is 0.0249. The second kappa shape index (κ2) is 9.35. The first-order valence-corrected chi connectivity index (χ1v) is 9.22. The quantitative estimate of drug-likeness (QED) is 0.389. The molecule has 1 amide bonds. The maximum atomic E-state index is 12.8. The molecular formula is C21H18N4O6. The van der Waals surface area contributed by atoms with Gasteiger partial charge < -0.3 is 15.4 Å². The Hall–Kier alpha value is -4.47. The number of hydrogen-bond donors (Lipinski definition) is 2. The molecule has 0 unspecified atom stereocenters. The molecule has 2 N–H and O–H groups in total. The number of carbonyl (C=O) groups excluding carboxylic acids is 1. The van der Waals surface area contributed by atoms with Crippen LogP contribution in [0.3, 0.4) is 0 Å². The normalized spacial score (nSPS) is 10.2. The van der Waals surface area contributed by atoms with Gasteiger partial charge in [-0.3, -0.25) is 25.0 Å². The number of rotatable bonds is 8. The van der Waals surface area contributed by atoms with Crippen molar-refractivity contribution in [2.24, 2.45) is 0 Å². The molecule has 0 aliphatic rings. The van der Waals surface area contributed by atoms with Crippen LogP contribution in [0, 0.1) is 20.2 Å². The molecular weight excluding hydrogens is 404 g/mol. The topological polar surface area (TPSA) is 137 Å². The Morgan fingerprint density at radius 3 is 2.29 bits per heavy atom. The predicted octanol–water partition coefficient (Wildman–Crippen LogP) is 4.90. The Morgan fingerprint density at radius 1 is 0.935 bits per heavy atom. The summed E-state index contributed by atoms with van der Waals surface area (Å²) in [6.07, 6.45) is 0. The lowest BCUT2D eigenvalue weighted by Gasteiger charge is -2.13. The van der Waals surface area contributed by atoms with Gasteiger partial charge in [-0.1, -0.05) is 12.1 Å². The molecule has 0 radical (unpaired) electrons. The van der Waals surface area contributed by atoms with E-state index >= 15 is 0 Å². The molecule has 10 nitrogen and oxygen atoms in total. The Kier molecular flexibility index (Phi) is 6.41. The third kappa shape index (κ3) is 5.12. The lowest BCUT2D eigenvalue weighted by molar-refractivity contribution is -0.393. The van der Waals surface area contributed by atoms with E-state index in [0.29, 0.717) is 23.7 Å². The highest BCUT2D eigenvalue weighted by Gasteiger charge is 2.21. The maximum Gasteiger partial charge on any atom is 0.299 e. The first-order valence-electron chi connectivity index (χ1n) is 9.22. The minimum Gasteiger partial charge on any atom is -0.494 e. The largest absolute Gasteiger partial charge is 0.494 e. The summed E-state index contributed by atoms with van der Waals surface area (Å²) in [6.45, 7) is 2.40. The second-order valence-corrected chi connectivity index (χ2v) is 6.30. The molecule has 0 heterocycles. The number of nitrogens with one attached hydrogen (secondary N) is 2. The van der Waals surface area contributed by atoms with E-state index in [0.717, 1.165) is 12.1 Å². The van der Waals surface area contributed by atoms with Gasteiger partial charge in [-0.15, -0.1) is 0 Å². The fraction of sp³-hybridized carbons (Fsp3) is 0.0952. The summed E-state index contributed by atoms with van der Waals surface area (Å²) in [5.74, 6) is 0.241. The molecule has 10 heteroatoms. The van der Waals surface area contributed by atoms with Crippen molar-refractivity contribution in [1.29, 1.82) is 0 Å². The zero-order valence-electron chi connectivity index (χ0n) is 16.4. The molecule has 0 saturated carbocycles. The smallest absolute Gasteiger partial charge is 0.299 e. The van der Waals surface area contributed by atoms with Gasteiger partial charge in [-0.2, -0.15) is 0 Å². The van der Waals surface area contributed by atoms with Crippen molar-refractivity contribution in [3.05, 3.63) is 92.5 Å². The molecule has 0 bridgehead atoms. The minimum atomic E-state index is -0.724. The molecule has 0 spiro atoms. The number of hydrogen-bond acceptors (Lipinski definition) is 7. The third-order valence-electron chi connectivity index (χ3n) is 4.25. The van der Waals surface area contributed by atoms with Gasteiger partial charge in [-0.05, 0) is 49.4 Å². The van der Waals surface area contributed by atoms with Crippen molar-refractivity contribution in [1.82, 2.24) is 0 Å². The van der Waals surface area contributed by atoms with Gasteiger partial charge in [0.25, 0.3) is 17.3 Å². The summed E-state index contributed by atoms with van der Waals surface area (Å²) in [6, 6.07) is 16.5. The number of para-hydroxylation sites is 1. The Labute approximate surface area is 176 Å². The van der Waals surface area contributed by atoms with Crippen LogP contribution in [0.2, 0.25) is 0 Å². The number of benzene rings is 3. The van der Waals surface area contributed by atoms with E-state index in [1.165, 1.54) is 6.07 Å². The summed E-state index contributed by atoms with van der Waals surface area (Å²) >= 11 is 0. The van der Waals surface area contributed by atoms with Crippen molar-refractivity contribution in [3.63, 3.8) is 0 Å². The zero-order chi connectivity index (χ0) is 22.4. The van der Waals surface area contributed by atoms with Gasteiger partial charge in [0, 0.05) is 11.8 Å². The third-order valence-corrected chi connectivity index (χ3v) is 4.25. The van der Waals surface area contributed by atoms with Crippen molar-refractivity contribution in [3.8, 4) is 5.75 Å². The summed E-state index contributed by atoms with van der Waals surface area (Å²) < 4.78 is 5.37. The van der Waals surface area contributed by atoms with Crippen LogP contribution in [0.1, 0.15) is 17.3 Å². The SMILES string of the molecule is CCOc1ccc(NC(=O)c2ccccc2Nc2ccc([N+](=O)[O-])cc2[N+](=O)[O-])cc1. The summed E-state index contributed by atoms with van der Waals surface area (Å²) in [7, 11) is 0. The number of amides is 1. The number of non-ortho nitro benzene ring substituents is 1. The second-order valence-electron chi connectivity index (χ2n) is 6.30. The lowest BCUT2D eigenvalue weighted by atomic mass is 10.1. The molecule has 0 aliphatic carbocycles. The van der Waals surface area contributed by atoms with Gasteiger partial charge in [0.15, 0.2) is 0 Å². The molecule has 0 aromatic heterocycles. The average Bonchev–Trinajstić information content (AvgIpc) is 2.75. The monoisotopic (exact) mass is 422 g/mol. The maximum absolute atomic E-state index is 12.8. The fourth-order valence-electron chi connectivity index (χ4n) is 2.83. The van der Waals surface area contributed by atoms with Crippen molar-refractivity contribution in [2.75, 3.05) is 17.2 Å². The van der Waals surface area contributed by atoms with Crippen LogP contribution in [0.4, 0.5) is 28.4 Å². The molecule has 158 valence electrons. The number of nitro groups is 2. The highest BCUT2D eigenvalue weighted by atomic mass is 16.6. The van der Waals surface area contributed by atoms with Gasteiger partial charge in [0.2, 0.25) is 0 Å². The molecule has 3 rings (SSSR count). The van der Waals surface area contributed by atoms with E-state index in [1.54, 1.807) is 48.5 Å². The van der Waals surface area contributed by atoms with E-state index in [9.17, 15) is 25.0 Å². The molecule has 0 saturated heterocycles. The number of carbonyl (C=O) groups is 1. The number of anilines is 3. The Morgan fingerprint density at radius 2 is 1.65 bits per heavy atom. The van der Waals surface area contributed by atoms with Crippen molar-refractivity contribution in [2.45, 2.75) is 6.92 Å². The van der Waals surface area contributed by atoms with Crippen LogP contribution < -0.4 is 15.4 Å². The number of nitro benzene ring substituents is 2. The predicted molar refractivity (Wildman–Crippen MR) is 115 cm³/mol. The average molecular weight is 422 g/mol. The van der Waals surface area contributed by atoms with Gasteiger partial charge in [0.05, 0.1) is 33.8 Å². The van der Waals surface area contributed by atoms with E-state index in [1.807, 2.05) is 6.92 Å². The van der Waals surface area contributed by atoms with E-state index in [2.05, 4.69) is 10.6 Å². The van der Waals surface area contributed by atoms with E-state index in [4.69, 9.17) is 4.74 Å². The summed E-state index contributed by atoms with van der Waals surface area (Å²) in [4.78, 5) is 33.7. The molecule has 31 heavy (non-hydrogen) atoms. The molecule has 0 fully saturated rings. The van der Waals surface area contributed by atoms with Crippen LogP contribution in [0.5, 0.6) is 5.75 Å². The molecule has 0 aliphatic heterocycles. The Balaban J connectivity index is 1.86. The van der Waals surface area contributed by atoms with Crippen LogP contribution in [0.15, 0.2) is 66.7 Å². The first kappa shape index (κ1) is 21.2. The number of ether oxygens (including phenoxy) is 1. The number of nitrogens with zero attached hydrogens (tertiary/aromatic N) is 2. The fourth-order valence-corrected chi connectivity index (χ4v) is 2.83. The van der Waals surface area contributed by atoms with Gasteiger partial charge in [-0.25, -0.2) is 0 Å². The highest BCUT2D eigenvalue weighted by Crippen LogP contribution is 2.32. The molecule has 0 atom stereocenters. The van der Waals surface area contributed by atoms with Gasteiger partial charge >= 0.3 is 0 Å². The zero-order valence-corrected chi connectivity index (χ0v) is 16.4. The first-order chi connectivity index (χ1) is 14.9. The van der Waals surface area contributed by atoms with Crippen molar-refractivity contribution >= 4 is 34.3 Å². The lowest BCUT2D eigenvalue weighted by Crippen LogP contribution is -2.14. The van der Waals surface area contributed by atoms with Crippen LogP contribution in [0.25, 0.3) is 0 Å². The highest BCUT2D eigenvalue weighted by molar-refractivity contribution is 6.08. The van der Waals surface area contributed by atoms with Crippen LogP contribution >= 0.6 is 0 Å². The molecule has 3 aromatic rings. The van der Waals surface area contributed by atoms with Crippen LogP contribution in [-0.4, -0.2) is 22.4 Å². The Bertz CT molecular complexity index is 1130. The summed E-state index contributed by atoms with van der Waals surface area (Å²) in [5.41, 5.74) is 0.239. The van der Waals surface area contributed by atoms with Crippen molar-refractivity contribution < 1.29 is 19.4 Å².